The molecule has 156 valence electrons. The second-order valence-electron chi connectivity index (χ2n) is 7.88. The van der Waals surface area contributed by atoms with Gasteiger partial charge in [0.05, 0.1) is 10.4 Å². The lowest BCUT2D eigenvalue weighted by Crippen LogP contribution is -2.33. The molecule has 1 heterocycles. The third-order valence-electron chi connectivity index (χ3n) is 5.86. The molecule has 0 spiro atoms. The first-order valence-corrected chi connectivity index (χ1v) is 10.2. The van der Waals surface area contributed by atoms with Gasteiger partial charge in [-0.1, -0.05) is 37.5 Å². The highest BCUT2D eigenvalue weighted by atomic mass is 16.6. The number of benzene rings is 2. The Morgan fingerprint density at radius 2 is 2.00 bits per heavy atom. The van der Waals surface area contributed by atoms with Crippen LogP contribution in [0.1, 0.15) is 48.2 Å². The molecule has 2 aromatic carbocycles. The zero-order valence-corrected chi connectivity index (χ0v) is 16.9. The predicted molar refractivity (Wildman–Crippen MR) is 115 cm³/mol. The molecule has 0 bridgehead atoms. The Labute approximate surface area is 174 Å². The average Bonchev–Trinajstić information content (AvgIpc) is 3.19. The van der Waals surface area contributed by atoms with Gasteiger partial charge in [-0.05, 0) is 37.6 Å². The molecule has 4 rings (SSSR count). The predicted octanol–water partition coefficient (Wildman–Crippen LogP) is 4.49. The summed E-state index contributed by atoms with van der Waals surface area (Å²) >= 11 is 0. The lowest BCUT2D eigenvalue weighted by Gasteiger charge is -2.31. The van der Waals surface area contributed by atoms with E-state index in [1.165, 1.54) is 44.2 Å². The summed E-state index contributed by atoms with van der Waals surface area (Å²) < 4.78 is 0. The number of nitrogens with zero attached hydrogens (tertiary/aromatic N) is 3. The van der Waals surface area contributed by atoms with Crippen molar-refractivity contribution >= 4 is 28.2 Å². The Morgan fingerprint density at radius 3 is 2.77 bits per heavy atom. The topological polar surface area (TPSA) is 104 Å². The number of anilines is 1. The van der Waals surface area contributed by atoms with Crippen molar-refractivity contribution in [2.45, 2.75) is 44.7 Å². The summed E-state index contributed by atoms with van der Waals surface area (Å²) in [4.78, 5) is 25.9. The molecule has 0 atom stereocenters. The number of rotatable bonds is 6. The largest absolute Gasteiger partial charge is 0.320 e. The number of nitro groups is 1. The first-order chi connectivity index (χ1) is 14.5. The minimum Gasteiger partial charge on any atom is -0.320 e. The van der Waals surface area contributed by atoms with Gasteiger partial charge in [0.2, 0.25) is 0 Å². The molecule has 1 saturated carbocycles. The van der Waals surface area contributed by atoms with E-state index >= 15 is 0 Å². The van der Waals surface area contributed by atoms with Crippen molar-refractivity contribution in [2.75, 3.05) is 12.4 Å². The maximum atomic E-state index is 12.9. The molecule has 0 aliphatic heterocycles. The van der Waals surface area contributed by atoms with Gasteiger partial charge in [0.25, 0.3) is 11.6 Å². The summed E-state index contributed by atoms with van der Waals surface area (Å²) in [5.41, 5.74) is 2.41. The van der Waals surface area contributed by atoms with E-state index in [0.717, 1.165) is 17.8 Å². The normalized spacial score (nSPS) is 14.9. The Morgan fingerprint density at radius 1 is 1.23 bits per heavy atom. The van der Waals surface area contributed by atoms with Gasteiger partial charge in [0, 0.05) is 35.8 Å². The fraction of sp³-hybridized carbons (Fsp3) is 0.364. The molecule has 1 fully saturated rings. The minimum absolute atomic E-state index is 0.0764. The molecule has 1 aromatic heterocycles. The van der Waals surface area contributed by atoms with Crippen LogP contribution in [0.4, 0.5) is 11.4 Å². The first-order valence-electron chi connectivity index (χ1n) is 10.2. The molecule has 2 N–H and O–H groups in total. The second kappa shape index (κ2) is 8.62. The van der Waals surface area contributed by atoms with E-state index in [2.05, 4.69) is 27.5 Å². The minimum atomic E-state index is -0.482. The van der Waals surface area contributed by atoms with E-state index in [-0.39, 0.29) is 11.4 Å². The maximum absolute atomic E-state index is 12.9. The number of amides is 1. The Balaban J connectivity index is 1.54. The summed E-state index contributed by atoms with van der Waals surface area (Å²) in [6, 6.07) is 12.6. The van der Waals surface area contributed by atoms with E-state index < -0.39 is 10.8 Å². The van der Waals surface area contributed by atoms with Crippen molar-refractivity contribution in [1.82, 2.24) is 15.1 Å². The number of carbonyl (C=O) groups is 1. The van der Waals surface area contributed by atoms with E-state index in [4.69, 9.17) is 0 Å². The van der Waals surface area contributed by atoms with Crippen LogP contribution in [0.25, 0.3) is 10.9 Å². The fourth-order valence-electron chi connectivity index (χ4n) is 4.17. The number of para-hydroxylation sites is 1. The van der Waals surface area contributed by atoms with Gasteiger partial charge < -0.3 is 5.32 Å². The Kier molecular flexibility index (Phi) is 5.76. The quantitative estimate of drug-likeness (QED) is 0.463. The molecule has 8 nitrogen and oxygen atoms in total. The molecular formula is C22H25N5O3. The molecular weight excluding hydrogens is 382 g/mol. The van der Waals surface area contributed by atoms with Crippen LogP contribution < -0.4 is 5.32 Å². The van der Waals surface area contributed by atoms with E-state index in [9.17, 15) is 14.9 Å². The number of nitro benzene ring substituents is 1. The highest BCUT2D eigenvalue weighted by molar-refractivity contribution is 6.11. The zero-order valence-electron chi connectivity index (χ0n) is 16.9. The van der Waals surface area contributed by atoms with Gasteiger partial charge in [-0.2, -0.15) is 5.10 Å². The lowest BCUT2D eigenvalue weighted by molar-refractivity contribution is -0.384. The standard InChI is InChI=1S/C22H25N5O3/c1-26(16-8-3-2-4-9-16)14-15-7-5-6-10-19(15)23-22(28)21-18-13-17(27(29)30)11-12-20(18)24-25-21/h5-7,10-13,16H,2-4,8-9,14H2,1H3,(H,23,28)(H,24,25). The lowest BCUT2D eigenvalue weighted by atomic mass is 9.94. The van der Waals surface area contributed by atoms with E-state index in [1.807, 2.05) is 24.3 Å². The number of hydrogen-bond acceptors (Lipinski definition) is 5. The van der Waals surface area contributed by atoms with Crippen LogP contribution in [0.5, 0.6) is 0 Å². The molecule has 1 aliphatic rings. The van der Waals surface area contributed by atoms with Gasteiger partial charge >= 0.3 is 0 Å². The van der Waals surface area contributed by atoms with Crippen molar-refractivity contribution in [3.8, 4) is 0 Å². The summed E-state index contributed by atoms with van der Waals surface area (Å²) in [5, 5.41) is 21.3. The van der Waals surface area contributed by atoms with Crippen LogP contribution in [0.15, 0.2) is 42.5 Å². The van der Waals surface area contributed by atoms with Gasteiger partial charge in [-0.3, -0.25) is 24.9 Å². The maximum Gasteiger partial charge on any atom is 0.276 e. The molecule has 30 heavy (non-hydrogen) atoms. The first kappa shape index (κ1) is 20.0. The van der Waals surface area contributed by atoms with Crippen molar-refractivity contribution in [3.05, 3.63) is 63.8 Å². The molecule has 0 saturated heterocycles. The van der Waals surface area contributed by atoms with Crippen molar-refractivity contribution in [3.63, 3.8) is 0 Å². The summed E-state index contributed by atoms with van der Waals surface area (Å²) in [6.45, 7) is 0.744. The monoisotopic (exact) mass is 407 g/mol. The smallest absolute Gasteiger partial charge is 0.276 e. The SMILES string of the molecule is CN(Cc1ccccc1NC(=O)c1n[nH]c2ccc([N+](=O)[O-])cc12)C1CCCCC1. The van der Waals surface area contributed by atoms with E-state index in [1.54, 1.807) is 6.07 Å². The number of H-pyrrole nitrogens is 1. The van der Waals surface area contributed by atoms with Crippen LogP contribution in [0, 0.1) is 10.1 Å². The molecule has 3 aromatic rings. The molecule has 1 aliphatic carbocycles. The number of aromatic nitrogens is 2. The summed E-state index contributed by atoms with van der Waals surface area (Å²) in [7, 11) is 2.13. The number of nitrogens with one attached hydrogen (secondary N) is 2. The van der Waals surface area contributed by atoms with Gasteiger partial charge in [-0.15, -0.1) is 0 Å². The Hall–Kier alpha value is -3.26. The van der Waals surface area contributed by atoms with Crippen molar-refractivity contribution < 1.29 is 9.72 Å². The average molecular weight is 407 g/mol. The van der Waals surface area contributed by atoms with Crippen LogP contribution in [0.3, 0.4) is 0 Å². The molecule has 0 radical (unpaired) electrons. The van der Waals surface area contributed by atoms with Gasteiger partial charge in [0.15, 0.2) is 5.69 Å². The van der Waals surface area contributed by atoms with Crippen LogP contribution in [-0.2, 0) is 6.54 Å². The van der Waals surface area contributed by atoms with Crippen LogP contribution in [0.2, 0.25) is 0 Å². The zero-order chi connectivity index (χ0) is 21.1. The summed E-state index contributed by atoms with van der Waals surface area (Å²) in [5.74, 6) is -0.394. The van der Waals surface area contributed by atoms with Crippen LogP contribution in [-0.4, -0.2) is 39.0 Å². The summed E-state index contributed by atoms with van der Waals surface area (Å²) in [6.07, 6.45) is 6.27. The number of fused-ring (bicyclic) bond motifs is 1. The third-order valence-corrected chi connectivity index (χ3v) is 5.86. The third kappa shape index (κ3) is 4.18. The van der Waals surface area contributed by atoms with Crippen molar-refractivity contribution in [1.29, 1.82) is 0 Å². The fourth-order valence-corrected chi connectivity index (χ4v) is 4.17. The van der Waals surface area contributed by atoms with Crippen molar-refractivity contribution in [2.24, 2.45) is 0 Å². The highest BCUT2D eigenvalue weighted by Gasteiger charge is 2.21. The van der Waals surface area contributed by atoms with Gasteiger partial charge in [0.1, 0.15) is 0 Å². The van der Waals surface area contributed by atoms with Crippen LogP contribution >= 0.6 is 0 Å². The number of hydrogen-bond donors (Lipinski definition) is 2. The van der Waals surface area contributed by atoms with E-state index in [0.29, 0.717) is 16.9 Å². The molecule has 0 unspecified atom stereocenters. The second-order valence-corrected chi connectivity index (χ2v) is 7.88. The number of aromatic amines is 1. The highest BCUT2D eigenvalue weighted by Crippen LogP contribution is 2.26. The number of carbonyl (C=O) groups excluding carboxylic acids is 1. The Bertz CT molecular complexity index is 1070. The van der Waals surface area contributed by atoms with Gasteiger partial charge in [-0.25, -0.2) is 0 Å². The molecule has 8 heteroatoms. The number of non-ortho nitro benzene ring substituents is 1. The molecule has 1 amide bonds.